The maximum absolute atomic E-state index is 12.0. The summed E-state index contributed by atoms with van der Waals surface area (Å²) in [6, 6.07) is 5.88. The van der Waals surface area contributed by atoms with Gasteiger partial charge in [0, 0.05) is 12.2 Å². The normalized spacial score (nSPS) is 12.4. The second kappa shape index (κ2) is 7.29. The lowest BCUT2D eigenvalue weighted by atomic mass is 10.0. The smallest absolute Gasteiger partial charge is 0.188 e. The van der Waals surface area contributed by atoms with Gasteiger partial charge in [0.2, 0.25) is 0 Å². The maximum atomic E-state index is 12.0. The molecule has 0 fully saturated rings. The number of carbonyl (C=O) groups is 1. The van der Waals surface area contributed by atoms with Crippen molar-refractivity contribution >= 4 is 5.78 Å². The quantitative estimate of drug-likeness (QED) is 0.698. The summed E-state index contributed by atoms with van der Waals surface area (Å²) in [6.45, 7) is 9.07. The van der Waals surface area contributed by atoms with Crippen LogP contribution in [0.4, 0.5) is 0 Å². The minimum Gasteiger partial charge on any atom is -0.379 e. The van der Waals surface area contributed by atoms with E-state index in [1.807, 2.05) is 45.9 Å². The van der Waals surface area contributed by atoms with Crippen molar-refractivity contribution in [3.05, 3.63) is 34.9 Å². The fraction of sp³-hybridized carbons (Fsp3) is 0.533. The summed E-state index contributed by atoms with van der Waals surface area (Å²) in [4.78, 5) is 12.0. The van der Waals surface area contributed by atoms with Crippen LogP contribution < -0.4 is 0 Å². The second-order valence-corrected chi connectivity index (χ2v) is 4.52. The number of Topliss-reactive ketones (excluding diaryl/α,β-unsaturated/α-hetero) is 1. The highest BCUT2D eigenvalue weighted by molar-refractivity contribution is 5.98. The minimum atomic E-state index is -0.0565. The van der Waals surface area contributed by atoms with Gasteiger partial charge < -0.3 is 9.47 Å². The lowest BCUT2D eigenvalue weighted by Crippen LogP contribution is -2.21. The first-order valence-corrected chi connectivity index (χ1v) is 6.34. The number of carbonyl (C=O) groups excluding carboxylic acids is 1. The Morgan fingerprint density at radius 3 is 2.72 bits per heavy atom. The Morgan fingerprint density at radius 1 is 1.33 bits per heavy atom. The maximum Gasteiger partial charge on any atom is 0.188 e. The van der Waals surface area contributed by atoms with Gasteiger partial charge in [0.25, 0.3) is 0 Å². The van der Waals surface area contributed by atoms with Crippen molar-refractivity contribution < 1.29 is 14.3 Å². The van der Waals surface area contributed by atoms with Gasteiger partial charge in [-0.3, -0.25) is 4.79 Å². The lowest BCUT2D eigenvalue weighted by Gasteiger charge is -2.13. The van der Waals surface area contributed by atoms with Gasteiger partial charge in [-0.25, -0.2) is 0 Å². The van der Waals surface area contributed by atoms with Crippen LogP contribution in [0.1, 0.15) is 35.3 Å². The second-order valence-electron chi connectivity index (χ2n) is 4.52. The zero-order valence-electron chi connectivity index (χ0n) is 11.7. The van der Waals surface area contributed by atoms with Crippen LogP contribution in [0.5, 0.6) is 0 Å². The topological polar surface area (TPSA) is 35.5 Å². The molecule has 0 heterocycles. The molecule has 1 unspecified atom stereocenters. The Bertz CT molecular complexity index is 399. The first-order valence-electron chi connectivity index (χ1n) is 6.34. The van der Waals surface area contributed by atoms with Gasteiger partial charge in [-0.15, -0.1) is 0 Å². The fourth-order valence-electron chi connectivity index (χ4n) is 1.66. The molecule has 0 saturated carbocycles. The predicted octanol–water partition coefficient (Wildman–Crippen LogP) is 2.93. The van der Waals surface area contributed by atoms with Gasteiger partial charge in [-0.1, -0.05) is 17.7 Å². The van der Waals surface area contributed by atoms with Crippen LogP contribution in [0.2, 0.25) is 0 Å². The Kier molecular flexibility index (Phi) is 6.02. The van der Waals surface area contributed by atoms with Gasteiger partial charge in [0.15, 0.2) is 5.78 Å². The van der Waals surface area contributed by atoms with Gasteiger partial charge in [-0.05, 0) is 39.3 Å². The lowest BCUT2D eigenvalue weighted by molar-refractivity contribution is 0.00113. The molecule has 100 valence electrons. The molecule has 3 heteroatoms. The van der Waals surface area contributed by atoms with Crippen molar-refractivity contribution in [3.8, 4) is 0 Å². The monoisotopic (exact) mass is 250 g/mol. The first kappa shape index (κ1) is 14.9. The largest absolute Gasteiger partial charge is 0.379 e. The van der Waals surface area contributed by atoms with E-state index < -0.39 is 0 Å². The van der Waals surface area contributed by atoms with Crippen molar-refractivity contribution in [2.75, 3.05) is 19.8 Å². The van der Waals surface area contributed by atoms with E-state index in [2.05, 4.69) is 0 Å². The van der Waals surface area contributed by atoms with E-state index in [0.29, 0.717) is 13.2 Å². The van der Waals surface area contributed by atoms with Crippen LogP contribution in [-0.2, 0) is 9.47 Å². The molecule has 0 aromatic heterocycles. The summed E-state index contributed by atoms with van der Waals surface area (Å²) >= 11 is 0. The van der Waals surface area contributed by atoms with E-state index in [9.17, 15) is 4.79 Å². The molecular formula is C15H22O3. The molecule has 0 aliphatic heterocycles. The van der Waals surface area contributed by atoms with Crippen LogP contribution >= 0.6 is 0 Å². The number of aryl methyl sites for hydroxylation is 2. The fourth-order valence-corrected chi connectivity index (χ4v) is 1.66. The third-order valence-electron chi connectivity index (χ3n) is 2.75. The van der Waals surface area contributed by atoms with Crippen molar-refractivity contribution in [3.63, 3.8) is 0 Å². The molecule has 1 aromatic rings. The number of hydrogen-bond donors (Lipinski definition) is 0. The SMILES string of the molecule is CCOCC(C)OCC(=O)c1cc(C)ccc1C. The van der Waals surface area contributed by atoms with E-state index in [-0.39, 0.29) is 18.5 Å². The Morgan fingerprint density at radius 2 is 2.06 bits per heavy atom. The molecule has 0 radical (unpaired) electrons. The van der Waals surface area contributed by atoms with Crippen molar-refractivity contribution in [1.29, 1.82) is 0 Å². The zero-order chi connectivity index (χ0) is 13.5. The van der Waals surface area contributed by atoms with Crippen LogP contribution in [0.15, 0.2) is 18.2 Å². The number of benzene rings is 1. The van der Waals surface area contributed by atoms with Crippen LogP contribution in [0.3, 0.4) is 0 Å². The number of ether oxygens (including phenoxy) is 2. The van der Waals surface area contributed by atoms with Gasteiger partial charge in [-0.2, -0.15) is 0 Å². The molecule has 0 aliphatic rings. The molecule has 0 aliphatic carbocycles. The number of hydrogen-bond acceptors (Lipinski definition) is 3. The third kappa shape index (κ3) is 4.59. The summed E-state index contributed by atoms with van der Waals surface area (Å²) in [5, 5.41) is 0. The van der Waals surface area contributed by atoms with Crippen LogP contribution in [0.25, 0.3) is 0 Å². The van der Waals surface area contributed by atoms with Crippen molar-refractivity contribution in [2.24, 2.45) is 0 Å². The number of rotatable bonds is 7. The van der Waals surface area contributed by atoms with E-state index >= 15 is 0 Å². The Hall–Kier alpha value is -1.19. The highest BCUT2D eigenvalue weighted by Gasteiger charge is 2.11. The summed E-state index contributed by atoms with van der Waals surface area (Å²) in [7, 11) is 0. The summed E-state index contributed by atoms with van der Waals surface area (Å²) in [5.74, 6) is 0.0274. The molecular weight excluding hydrogens is 228 g/mol. The highest BCUT2D eigenvalue weighted by Crippen LogP contribution is 2.12. The molecule has 18 heavy (non-hydrogen) atoms. The molecule has 1 atom stereocenters. The molecule has 3 nitrogen and oxygen atoms in total. The average Bonchev–Trinajstić information content (AvgIpc) is 2.36. The summed E-state index contributed by atoms with van der Waals surface area (Å²) in [5.41, 5.74) is 2.83. The van der Waals surface area contributed by atoms with Crippen molar-refractivity contribution in [2.45, 2.75) is 33.8 Å². The zero-order valence-corrected chi connectivity index (χ0v) is 11.7. The Labute approximate surface area is 109 Å². The van der Waals surface area contributed by atoms with E-state index in [1.165, 1.54) is 0 Å². The Balaban J connectivity index is 2.52. The van der Waals surface area contributed by atoms with E-state index in [4.69, 9.17) is 9.47 Å². The molecule has 0 amide bonds. The standard InChI is InChI=1S/C15H22O3/c1-5-17-9-13(4)18-10-15(16)14-8-11(2)6-7-12(14)3/h6-8,13H,5,9-10H2,1-4H3. The molecule has 0 saturated heterocycles. The van der Waals surface area contributed by atoms with Crippen LogP contribution in [-0.4, -0.2) is 31.7 Å². The highest BCUT2D eigenvalue weighted by atomic mass is 16.5. The molecule has 1 rings (SSSR count). The van der Waals surface area contributed by atoms with E-state index in [0.717, 1.165) is 16.7 Å². The molecule has 0 spiro atoms. The van der Waals surface area contributed by atoms with Gasteiger partial charge >= 0.3 is 0 Å². The molecule has 0 bridgehead atoms. The molecule has 1 aromatic carbocycles. The van der Waals surface area contributed by atoms with Crippen LogP contribution in [0, 0.1) is 13.8 Å². The predicted molar refractivity (Wildman–Crippen MR) is 72.2 cm³/mol. The van der Waals surface area contributed by atoms with E-state index in [1.54, 1.807) is 0 Å². The van der Waals surface area contributed by atoms with Gasteiger partial charge in [0.05, 0.1) is 12.7 Å². The number of ketones is 1. The van der Waals surface area contributed by atoms with Crippen molar-refractivity contribution in [1.82, 2.24) is 0 Å². The first-order chi connectivity index (χ1) is 8.54. The van der Waals surface area contributed by atoms with Gasteiger partial charge in [0.1, 0.15) is 6.61 Å². The minimum absolute atomic E-state index is 0.0274. The molecule has 0 N–H and O–H groups in total. The summed E-state index contributed by atoms with van der Waals surface area (Å²) < 4.78 is 10.7. The summed E-state index contributed by atoms with van der Waals surface area (Å²) in [6.07, 6.45) is -0.0565. The third-order valence-corrected chi connectivity index (χ3v) is 2.75. The average molecular weight is 250 g/mol.